The maximum Gasteiger partial charge on any atom is 0.238 e. The summed E-state index contributed by atoms with van der Waals surface area (Å²) in [6.45, 7) is 0. The van der Waals surface area contributed by atoms with Crippen molar-refractivity contribution in [3.8, 4) is 39.9 Å². The summed E-state index contributed by atoms with van der Waals surface area (Å²) < 4.78 is 8.71. The van der Waals surface area contributed by atoms with E-state index in [0.29, 0.717) is 23.5 Å². The highest BCUT2D eigenvalue weighted by molar-refractivity contribution is 6.13. The minimum absolute atomic E-state index is 0.309. The zero-order valence-electron chi connectivity index (χ0n) is 27.1. The molecule has 0 spiro atoms. The number of hydrogen-bond donors (Lipinski definition) is 0. The van der Waals surface area contributed by atoms with E-state index < -0.39 is 0 Å². The van der Waals surface area contributed by atoms with Crippen molar-refractivity contribution in [3.05, 3.63) is 175 Å². The van der Waals surface area contributed by atoms with Crippen LogP contribution in [-0.2, 0) is 6.42 Å². The number of hydrogen-bond acceptors (Lipinski definition) is 4. The van der Waals surface area contributed by atoms with E-state index in [1.54, 1.807) is 0 Å². The first-order valence-electron chi connectivity index (χ1n) is 17.0. The fourth-order valence-electron chi connectivity index (χ4n) is 7.36. The molecule has 1 atom stereocenters. The van der Waals surface area contributed by atoms with Gasteiger partial charge in [-0.2, -0.15) is 9.97 Å². The zero-order valence-corrected chi connectivity index (χ0v) is 27.1. The average molecular weight is 643 g/mol. The summed E-state index contributed by atoms with van der Waals surface area (Å²) in [5, 5.41) is 3.43. The van der Waals surface area contributed by atoms with Gasteiger partial charge >= 0.3 is 0 Å². The van der Waals surface area contributed by atoms with Gasteiger partial charge in [0.2, 0.25) is 5.95 Å². The summed E-state index contributed by atoms with van der Waals surface area (Å²) in [6, 6.07) is 52.6. The van der Waals surface area contributed by atoms with Gasteiger partial charge < -0.3 is 4.42 Å². The van der Waals surface area contributed by atoms with Crippen molar-refractivity contribution >= 4 is 38.9 Å². The highest BCUT2D eigenvalue weighted by Crippen LogP contribution is 2.41. The molecule has 0 aliphatic heterocycles. The summed E-state index contributed by atoms with van der Waals surface area (Å²) in [5.74, 6) is 3.04. The van der Waals surface area contributed by atoms with Gasteiger partial charge in [0.1, 0.15) is 11.3 Å². The molecular formula is C45H30N4O. The van der Waals surface area contributed by atoms with E-state index in [1.165, 1.54) is 16.7 Å². The minimum atomic E-state index is 0.309. The summed E-state index contributed by atoms with van der Waals surface area (Å²) >= 11 is 0. The summed E-state index contributed by atoms with van der Waals surface area (Å²) in [7, 11) is 0. The third kappa shape index (κ3) is 4.74. The van der Waals surface area contributed by atoms with Gasteiger partial charge in [0.15, 0.2) is 11.6 Å². The van der Waals surface area contributed by atoms with Crippen LogP contribution in [0.15, 0.2) is 162 Å². The third-order valence-corrected chi connectivity index (χ3v) is 9.85. The molecule has 0 N–H and O–H groups in total. The number of para-hydroxylation sites is 1. The lowest BCUT2D eigenvalue weighted by atomic mass is 9.87. The predicted molar refractivity (Wildman–Crippen MR) is 202 cm³/mol. The largest absolute Gasteiger partial charge is 0.456 e. The van der Waals surface area contributed by atoms with E-state index in [-0.39, 0.29) is 0 Å². The third-order valence-electron chi connectivity index (χ3n) is 9.85. The molecule has 50 heavy (non-hydrogen) atoms. The van der Waals surface area contributed by atoms with Crippen molar-refractivity contribution in [1.82, 2.24) is 19.5 Å². The average Bonchev–Trinajstić information content (AvgIpc) is 3.72. The van der Waals surface area contributed by atoms with Crippen LogP contribution in [-0.4, -0.2) is 19.5 Å². The van der Waals surface area contributed by atoms with Crippen molar-refractivity contribution in [3.63, 3.8) is 0 Å². The number of allylic oxidation sites excluding steroid dienone is 1. The van der Waals surface area contributed by atoms with Gasteiger partial charge in [-0.15, -0.1) is 0 Å². The molecule has 0 saturated carbocycles. The van der Waals surface area contributed by atoms with Gasteiger partial charge in [0.05, 0.1) is 11.0 Å². The second kappa shape index (κ2) is 11.5. The first kappa shape index (κ1) is 28.4. The Morgan fingerprint density at radius 2 is 1.12 bits per heavy atom. The second-order valence-corrected chi connectivity index (χ2v) is 12.8. The molecule has 236 valence electrons. The Morgan fingerprint density at radius 3 is 1.86 bits per heavy atom. The number of nitrogens with zero attached hydrogens (tertiary/aromatic N) is 4. The van der Waals surface area contributed by atoms with Crippen molar-refractivity contribution in [2.45, 2.75) is 12.3 Å². The van der Waals surface area contributed by atoms with E-state index in [2.05, 4.69) is 132 Å². The van der Waals surface area contributed by atoms with Gasteiger partial charge in [-0.1, -0.05) is 140 Å². The lowest BCUT2D eigenvalue weighted by Gasteiger charge is -2.16. The van der Waals surface area contributed by atoms with Gasteiger partial charge in [-0.25, -0.2) is 4.98 Å². The standard InChI is InChI=1S/C45H30N4O/c1-4-12-29(13-5-1)31-20-22-33(23-21-31)44-46-43(32-16-8-3-9-17-32)47-45(48-44)49-39-19-11-10-18-35(39)36-27-38-37-26-34(30-14-6-2-7-15-30)24-25-41(37)50-42(38)28-40(36)49/h1-25,27-28,34H,26H2. The number of benzene rings is 6. The Kier molecular flexibility index (Phi) is 6.56. The number of furan rings is 1. The van der Waals surface area contributed by atoms with Crippen LogP contribution in [0.3, 0.4) is 0 Å². The lowest BCUT2D eigenvalue weighted by molar-refractivity contribution is 0.592. The molecule has 0 saturated heterocycles. The minimum Gasteiger partial charge on any atom is -0.456 e. The van der Waals surface area contributed by atoms with E-state index in [9.17, 15) is 0 Å². The molecule has 0 bridgehead atoms. The highest BCUT2D eigenvalue weighted by atomic mass is 16.3. The molecular weight excluding hydrogens is 613 g/mol. The molecule has 3 heterocycles. The molecule has 5 nitrogen and oxygen atoms in total. The van der Waals surface area contributed by atoms with Crippen molar-refractivity contribution in [1.29, 1.82) is 0 Å². The van der Waals surface area contributed by atoms with E-state index in [4.69, 9.17) is 19.4 Å². The summed E-state index contributed by atoms with van der Waals surface area (Å²) in [6.07, 6.45) is 5.30. The lowest BCUT2D eigenvalue weighted by Crippen LogP contribution is -2.06. The molecule has 0 radical (unpaired) electrons. The molecule has 9 aromatic rings. The Bertz CT molecular complexity index is 2710. The maximum absolute atomic E-state index is 6.55. The Labute approximate surface area is 288 Å². The molecule has 1 aliphatic rings. The first-order chi connectivity index (χ1) is 24.8. The van der Waals surface area contributed by atoms with Crippen LogP contribution < -0.4 is 0 Å². The van der Waals surface area contributed by atoms with Gasteiger partial charge in [0, 0.05) is 44.8 Å². The van der Waals surface area contributed by atoms with Crippen LogP contribution in [0.1, 0.15) is 22.8 Å². The topological polar surface area (TPSA) is 56.7 Å². The molecule has 6 aromatic carbocycles. The van der Waals surface area contributed by atoms with Crippen LogP contribution in [0.2, 0.25) is 0 Å². The number of fused-ring (bicyclic) bond motifs is 6. The highest BCUT2D eigenvalue weighted by Gasteiger charge is 2.24. The van der Waals surface area contributed by atoms with E-state index >= 15 is 0 Å². The van der Waals surface area contributed by atoms with Crippen molar-refractivity contribution in [2.24, 2.45) is 0 Å². The van der Waals surface area contributed by atoms with E-state index in [1.807, 2.05) is 36.4 Å². The molecule has 10 rings (SSSR count). The second-order valence-electron chi connectivity index (χ2n) is 12.8. The SMILES string of the molecule is C1=CC(c2ccccc2)Cc2c1oc1cc3c(cc21)c1ccccc1n3-c1nc(-c2ccccc2)nc(-c2ccc(-c3ccccc3)cc2)n1. The number of rotatable bonds is 5. The molecule has 3 aromatic heterocycles. The zero-order chi connectivity index (χ0) is 33.0. The maximum atomic E-state index is 6.55. The Balaban J connectivity index is 1.16. The quantitative estimate of drug-likeness (QED) is 0.187. The predicted octanol–water partition coefficient (Wildman–Crippen LogP) is 11.1. The van der Waals surface area contributed by atoms with Crippen molar-refractivity contribution in [2.75, 3.05) is 0 Å². The van der Waals surface area contributed by atoms with Crippen molar-refractivity contribution < 1.29 is 4.42 Å². The number of aromatic nitrogens is 4. The Hall–Kier alpha value is -6.59. The summed E-state index contributed by atoms with van der Waals surface area (Å²) in [4.78, 5) is 15.3. The van der Waals surface area contributed by atoms with Crippen LogP contribution >= 0.6 is 0 Å². The normalized spacial score (nSPS) is 14.0. The Morgan fingerprint density at radius 1 is 0.520 bits per heavy atom. The molecule has 5 heteroatoms. The van der Waals surface area contributed by atoms with Crippen LogP contribution in [0, 0.1) is 0 Å². The fraction of sp³-hybridized carbons (Fsp3) is 0.0444. The molecule has 0 amide bonds. The molecule has 1 aliphatic carbocycles. The summed E-state index contributed by atoms with van der Waals surface area (Å²) in [5.41, 5.74) is 9.61. The molecule has 1 unspecified atom stereocenters. The monoisotopic (exact) mass is 642 g/mol. The smallest absolute Gasteiger partial charge is 0.238 e. The van der Waals surface area contributed by atoms with Crippen LogP contribution in [0.25, 0.3) is 78.7 Å². The van der Waals surface area contributed by atoms with Gasteiger partial charge in [-0.3, -0.25) is 4.57 Å². The van der Waals surface area contributed by atoms with E-state index in [0.717, 1.165) is 61.6 Å². The first-order valence-corrected chi connectivity index (χ1v) is 17.0. The van der Waals surface area contributed by atoms with Crippen LogP contribution in [0.5, 0.6) is 0 Å². The fourth-order valence-corrected chi connectivity index (χ4v) is 7.36. The van der Waals surface area contributed by atoms with Crippen LogP contribution in [0.4, 0.5) is 0 Å². The molecule has 0 fully saturated rings. The van der Waals surface area contributed by atoms with Gasteiger partial charge in [0.25, 0.3) is 0 Å². The van der Waals surface area contributed by atoms with Gasteiger partial charge in [-0.05, 0) is 41.3 Å².